The van der Waals surface area contributed by atoms with Gasteiger partial charge in [-0.2, -0.15) is 0 Å². The second-order valence-electron chi connectivity index (χ2n) is 34.1. The van der Waals surface area contributed by atoms with Crippen LogP contribution in [0.2, 0.25) is 0 Å². The first-order valence-electron chi connectivity index (χ1n) is 49.7. The van der Waals surface area contributed by atoms with Crippen LogP contribution in [0.3, 0.4) is 0 Å². The number of aliphatic hydroxyl groups excluding tert-OH is 1. The molecule has 0 radical (unpaired) electrons. The molecule has 12 aromatic carbocycles. The average Bonchev–Trinajstić information content (AvgIpc) is 0.985. The second-order valence-corrected chi connectivity index (χ2v) is 34.1. The van der Waals surface area contributed by atoms with Gasteiger partial charge in [0.2, 0.25) is 7.05 Å². The summed E-state index contributed by atoms with van der Waals surface area (Å²) in [6.45, 7) is 69.3. The number of alkyl halides is 4. The number of benzene rings is 12. The Morgan fingerprint density at radius 2 is 0.290 bits per heavy atom. The topological polar surface area (TPSA) is 406 Å². The molecule has 0 bridgehead atoms. The minimum Gasteiger partial charge on any atom is -0.400 e. The van der Waals surface area contributed by atoms with Crippen LogP contribution in [0.1, 0.15) is 345 Å². The van der Waals surface area contributed by atoms with Crippen LogP contribution in [-0.2, 0) is 0 Å². The maximum atomic E-state index is 9.50. The van der Waals surface area contributed by atoms with E-state index in [1.165, 1.54) is 87.2 Å². The molecule has 0 spiro atoms. The molecule has 18 nitrogen and oxygen atoms in total. The van der Waals surface area contributed by atoms with Gasteiger partial charge in [-0.05, 0) is 228 Å². The number of hydrogen-bond donors (Lipinski definition) is 14. The summed E-state index contributed by atoms with van der Waals surface area (Å²) in [6, 6.07) is 95.9. The van der Waals surface area contributed by atoms with Crippen molar-refractivity contribution < 1.29 is 14.4 Å². The van der Waals surface area contributed by atoms with Crippen molar-refractivity contribution in [1.29, 1.82) is 0 Å². The Hall–Kier alpha value is -11.5. The zero-order chi connectivity index (χ0) is 115. The van der Waals surface area contributed by atoms with Crippen LogP contribution in [0.15, 0.2) is 291 Å². The molecule has 0 atom stereocenters. The molecule has 22 heteroatoms. The number of nitrogens with two attached hydrogens (primary N) is 13. The van der Waals surface area contributed by atoms with Gasteiger partial charge in [-0.3, -0.25) is 14.5 Å². The van der Waals surface area contributed by atoms with Crippen LogP contribution in [-0.4, -0.2) is 62.6 Å². The minimum atomic E-state index is -0.500. The van der Waals surface area contributed by atoms with E-state index in [0.29, 0.717) is 78.2 Å². The highest BCUT2D eigenvalue weighted by molar-refractivity contribution is 14.1. The molecule has 0 saturated carbocycles. The van der Waals surface area contributed by atoms with Crippen LogP contribution in [0.5, 0.6) is 0 Å². The van der Waals surface area contributed by atoms with Gasteiger partial charge in [0.1, 0.15) is 0 Å². The minimum absolute atomic E-state index is 0.500. The van der Waals surface area contributed by atoms with Crippen LogP contribution in [0.4, 0.5) is 72.6 Å². The monoisotopic (exact) mass is 2200 g/mol. The van der Waals surface area contributed by atoms with Crippen LogP contribution >= 0.6 is 50.1 Å². The number of nitrogen functional groups attached to an aromatic ring is 12. The third-order valence-electron chi connectivity index (χ3n) is 19.4. The summed E-state index contributed by atoms with van der Waals surface area (Å²) in [7, 11) is 5.31. The molecular formula is C123H201BrClFIN15O3. The van der Waals surface area contributed by atoms with Crippen molar-refractivity contribution in [3.05, 3.63) is 379 Å². The van der Waals surface area contributed by atoms with Crippen molar-refractivity contribution in [3.63, 3.8) is 0 Å². The maximum Gasteiger partial charge on any atom is 0.205 e. The number of hydrogen-bond acceptors (Lipinski definition) is 16. The number of halogens is 4. The first-order chi connectivity index (χ1) is 68.7. The lowest BCUT2D eigenvalue weighted by molar-refractivity contribution is -0.445. The Kier molecular flexibility index (Phi) is 112. The standard InChI is InChI=1S/12C9H13N.C2H3N.3C2H6.CH3Br.CH3Cl.CH3F.CH3I.CH3NO2.CH5N.CH4O/c12*1-7(2)8-5-3-4-6-9(8)10;1-3-2;7*1-2;1-2(3)4;2*1-2/h12*3-7H,10H2,1-2H3;1H3;3*1-2H3;4*1H3;1H3;2H2,1H3;2H,1H3. The van der Waals surface area contributed by atoms with Crippen molar-refractivity contribution in [2.75, 3.05) is 121 Å². The van der Waals surface area contributed by atoms with E-state index in [9.17, 15) is 4.39 Å². The Labute approximate surface area is 911 Å². The van der Waals surface area contributed by atoms with Gasteiger partial charge in [-0.15, -0.1) is 11.6 Å². The van der Waals surface area contributed by atoms with Crippen molar-refractivity contribution in [2.24, 2.45) is 5.73 Å². The highest BCUT2D eigenvalue weighted by atomic mass is 127. The highest BCUT2D eigenvalue weighted by Crippen LogP contribution is 2.29. The normalized spacial score (nSPS) is 9.12. The van der Waals surface area contributed by atoms with E-state index in [-0.39, 0.29) is 0 Å². The Morgan fingerprint density at radius 1 is 0.248 bits per heavy atom. The molecule has 145 heavy (non-hydrogen) atoms. The molecule has 0 aliphatic rings. The molecule has 0 aliphatic carbocycles. The van der Waals surface area contributed by atoms with Gasteiger partial charge in [0.25, 0.3) is 0 Å². The molecule has 0 fully saturated rings. The molecular weight excluding hydrogens is 2000 g/mol. The number of aliphatic hydroxyl groups is 1. The summed E-state index contributed by atoms with van der Waals surface area (Å²) in [5.74, 6) is 8.16. The van der Waals surface area contributed by atoms with E-state index in [1.807, 2.05) is 271 Å². The number of nitro groups is 1. The van der Waals surface area contributed by atoms with Gasteiger partial charge in [0, 0.05) is 86.7 Å². The van der Waals surface area contributed by atoms with E-state index in [4.69, 9.17) is 90.6 Å². The summed E-state index contributed by atoms with van der Waals surface area (Å²) in [4.78, 5) is 13.0. The zero-order valence-electron chi connectivity index (χ0n) is 96.3. The fraction of sp³-hybridized carbons (Fsp3) is 0.407. The molecule has 12 rings (SSSR count). The Bertz CT molecular complexity index is 3940. The number of nitrogens with zero attached hydrogens (tertiary/aromatic N) is 2. The molecule has 0 aromatic heterocycles. The lowest BCUT2D eigenvalue weighted by Crippen LogP contribution is -1.94. The number of anilines is 12. The number of rotatable bonds is 12. The fourth-order valence-electron chi connectivity index (χ4n) is 12.4. The molecule has 0 saturated heterocycles. The second kappa shape index (κ2) is 104. The van der Waals surface area contributed by atoms with Gasteiger partial charge in [0.15, 0.2) is 7.05 Å². The quantitative estimate of drug-likeness (QED) is 0.0135. The van der Waals surface area contributed by atoms with E-state index >= 15 is 0 Å². The van der Waals surface area contributed by atoms with E-state index in [1.54, 1.807) is 0 Å². The SMILES string of the molecule is CBr.CC.CC.CC.CC(C)c1ccccc1N.CC(C)c1ccccc1N.CC(C)c1ccccc1N.CC(C)c1ccccc1N.CC(C)c1ccccc1N.CC(C)c1ccccc1N.CC(C)c1ccccc1N.CC(C)c1ccccc1N.CC(C)c1ccccc1N.CC(C)c1ccccc1N.CC(C)c1ccccc1N.CC(C)c1ccccc1N.CCl.CF.CI.CN.CO.C[N+](=O)[O-].[C-]#[N+]C. The van der Waals surface area contributed by atoms with Crippen molar-refractivity contribution in [1.82, 2.24) is 0 Å². The van der Waals surface area contributed by atoms with E-state index in [2.05, 4.69) is 300 Å². The highest BCUT2D eigenvalue weighted by Gasteiger charge is 2.09. The van der Waals surface area contributed by atoms with Crippen molar-refractivity contribution in [2.45, 2.75) is 279 Å². The van der Waals surface area contributed by atoms with Gasteiger partial charge >= 0.3 is 0 Å². The third-order valence-corrected chi connectivity index (χ3v) is 19.4. The summed E-state index contributed by atoms with van der Waals surface area (Å²) >= 11 is 9.73. The zero-order valence-corrected chi connectivity index (χ0v) is 101. The van der Waals surface area contributed by atoms with Gasteiger partial charge in [-0.25, -0.2) is 6.57 Å². The smallest absolute Gasteiger partial charge is 0.205 e. The number of para-hydroxylation sites is 12. The van der Waals surface area contributed by atoms with Crippen LogP contribution in [0.25, 0.3) is 4.85 Å². The maximum absolute atomic E-state index is 9.50. The van der Waals surface area contributed by atoms with Gasteiger partial charge < -0.3 is 84.5 Å². The summed E-state index contributed by atoms with van der Waals surface area (Å²) < 4.78 is 9.50. The van der Waals surface area contributed by atoms with Crippen molar-refractivity contribution >= 4 is 118 Å². The van der Waals surface area contributed by atoms with Crippen LogP contribution < -0.4 is 74.5 Å². The molecule has 0 unspecified atom stereocenters. The first-order valence-corrected chi connectivity index (χ1v) is 54.2. The average molecular weight is 2200 g/mol. The lowest BCUT2D eigenvalue weighted by Gasteiger charge is -2.07. The summed E-state index contributed by atoms with van der Waals surface area (Å²) in [6.07, 6.45) is 1.47. The predicted octanol–water partition coefficient (Wildman–Crippen LogP) is 34.9. The van der Waals surface area contributed by atoms with Crippen molar-refractivity contribution in [3.8, 4) is 0 Å². The first kappa shape index (κ1) is 156. The lowest BCUT2D eigenvalue weighted by atomic mass is 10.0. The van der Waals surface area contributed by atoms with Gasteiger partial charge in [0.05, 0.1) is 7.18 Å². The van der Waals surface area contributed by atoms with Crippen LogP contribution in [0, 0.1) is 16.7 Å². The fourth-order valence-corrected chi connectivity index (χ4v) is 12.4. The predicted molar refractivity (Wildman–Crippen MR) is 671 cm³/mol. The Morgan fingerprint density at radius 3 is 0.317 bits per heavy atom. The molecule has 0 amide bonds. The van der Waals surface area contributed by atoms with E-state index < -0.39 is 4.92 Å². The summed E-state index contributed by atoms with van der Waals surface area (Å²) in [5, 5.41) is 15.8. The molecule has 27 N–H and O–H groups in total. The third kappa shape index (κ3) is 79.5. The molecule has 814 valence electrons. The largest absolute Gasteiger partial charge is 0.400 e. The molecule has 0 aliphatic heterocycles. The summed E-state index contributed by atoms with van der Waals surface area (Å²) in [5.41, 5.74) is 98.8. The molecule has 12 aromatic rings. The van der Waals surface area contributed by atoms with E-state index in [0.717, 1.165) is 82.4 Å². The Balaban J connectivity index is -0.000000147. The van der Waals surface area contributed by atoms with Gasteiger partial charge in [-0.1, -0.05) is 465 Å². The molecule has 0 heterocycles.